The third-order valence-corrected chi connectivity index (χ3v) is 5.14. The molecule has 0 heterocycles. The van der Waals surface area contributed by atoms with Crippen LogP contribution < -0.4 is 40.0 Å². The Morgan fingerprint density at radius 2 is 2.22 bits per heavy atom. The summed E-state index contributed by atoms with van der Waals surface area (Å²) >= 11 is 5.98. The topological polar surface area (TPSA) is 69.2 Å². The van der Waals surface area contributed by atoms with Crippen LogP contribution in [0.4, 0.5) is 4.39 Å². The largest absolute Gasteiger partial charge is 1.00 e. The molecule has 1 N–H and O–H groups in total. The number of hydrogen-bond donors (Lipinski definition) is 1. The van der Waals surface area contributed by atoms with Gasteiger partial charge in [-0.25, -0.2) is 4.39 Å². The van der Waals surface area contributed by atoms with Crippen molar-refractivity contribution in [2.24, 2.45) is 5.92 Å². The smallest absolute Gasteiger partial charge is 0.550 e. The van der Waals surface area contributed by atoms with Crippen molar-refractivity contribution in [1.82, 2.24) is 5.32 Å². The SMILES string of the molecule is O=C([O-])CC(C(=O)N[C@@]12CCC[C@@H]1C2)c1c(F)cccc1Cl.[Na+]. The number of hydrogen-bond acceptors (Lipinski definition) is 3. The molecule has 2 aliphatic carbocycles. The Kier molecular flexibility index (Phi) is 5.77. The molecule has 7 heteroatoms. The van der Waals surface area contributed by atoms with E-state index < -0.39 is 30.0 Å². The first-order valence-electron chi connectivity index (χ1n) is 7.39. The van der Waals surface area contributed by atoms with E-state index in [1.807, 2.05) is 0 Å². The molecule has 0 saturated heterocycles. The van der Waals surface area contributed by atoms with Crippen LogP contribution in [0.2, 0.25) is 5.02 Å². The third-order valence-electron chi connectivity index (χ3n) is 4.82. The van der Waals surface area contributed by atoms with Gasteiger partial charge in [0, 0.05) is 28.5 Å². The number of carbonyl (C=O) groups is 2. The van der Waals surface area contributed by atoms with Crippen LogP contribution in [0, 0.1) is 11.7 Å². The van der Waals surface area contributed by atoms with Gasteiger partial charge in [0.15, 0.2) is 0 Å². The monoisotopic (exact) mass is 347 g/mol. The third kappa shape index (κ3) is 3.73. The first kappa shape index (κ1) is 18.7. The zero-order chi connectivity index (χ0) is 15.9. The van der Waals surface area contributed by atoms with Crippen molar-refractivity contribution in [2.45, 2.75) is 43.6 Å². The summed E-state index contributed by atoms with van der Waals surface area (Å²) < 4.78 is 14.1. The second kappa shape index (κ2) is 7.09. The molecule has 0 spiro atoms. The number of carboxylic acid groups (broad SMARTS) is 1. The molecule has 0 aromatic heterocycles. The van der Waals surface area contributed by atoms with E-state index in [-0.39, 0.29) is 45.7 Å². The molecule has 1 amide bonds. The molecule has 118 valence electrons. The van der Waals surface area contributed by atoms with Gasteiger partial charge in [-0.05, 0) is 37.3 Å². The molecule has 23 heavy (non-hydrogen) atoms. The molecule has 2 aliphatic rings. The van der Waals surface area contributed by atoms with Crippen LogP contribution in [0.1, 0.15) is 43.6 Å². The van der Waals surface area contributed by atoms with E-state index in [1.54, 1.807) is 0 Å². The van der Waals surface area contributed by atoms with Gasteiger partial charge in [-0.3, -0.25) is 4.79 Å². The van der Waals surface area contributed by atoms with Crippen LogP contribution in [0.3, 0.4) is 0 Å². The van der Waals surface area contributed by atoms with Crippen LogP contribution in [-0.2, 0) is 9.59 Å². The van der Waals surface area contributed by atoms with Gasteiger partial charge >= 0.3 is 29.6 Å². The molecular weight excluding hydrogens is 332 g/mol. The number of nitrogens with one attached hydrogen (secondary N) is 1. The van der Waals surface area contributed by atoms with Crippen molar-refractivity contribution < 1.29 is 48.6 Å². The number of fused-ring (bicyclic) bond motifs is 1. The Hall–Kier alpha value is -0.620. The molecule has 0 bridgehead atoms. The Balaban J connectivity index is 0.00000192. The molecule has 1 aromatic rings. The van der Waals surface area contributed by atoms with E-state index in [2.05, 4.69) is 5.32 Å². The number of carbonyl (C=O) groups excluding carboxylic acids is 2. The minimum absolute atomic E-state index is 0. The fraction of sp³-hybridized carbons (Fsp3) is 0.500. The summed E-state index contributed by atoms with van der Waals surface area (Å²) in [6, 6.07) is 4.04. The van der Waals surface area contributed by atoms with E-state index >= 15 is 0 Å². The fourth-order valence-electron chi connectivity index (χ4n) is 3.61. The van der Waals surface area contributed by atoms with Crippen molar-refractivity contribution in [1.29, 1.82) is 0 Å². The van der Waals surface area contributed by atoms with Gasteiger partial charge in [0.1, 0.15) is 5.82 Å². The van der Waals surface area contributed by atoms with Crippen LogP contribution in [-0.4, -0.2) is 17.4 Å². The molecular formula is C16H16ClFNNaO3. The predicted molar refractivity (Wildman–Crippen MR) is 76.6 cm³/mol. The van der Waals surface area contributed by atoms with Gasteiger partial charge in [-0.15, -0.1) is 0 Å². The van der Waals surface area contributed by atoms with Crippen LogP contribution in [0.15, 0.2) is 18.2 Å². The zero-order valence-corrected chi connectivity index (χ0v) is 15.7. The quantitative estimate of drug-likeness (QED) is 0.678. The van der Waals surface area contributed by atoms with Crippen molar-refractivity contribution in [3.63, 3.8) is 0 Å². The number of benzene rings is 1. The second-order valence-corrected chi connectivity index (χ2v) is 6.61. The number of aliphatic carboxylic acids is 1. The molecule has 4 nitrogen and oxygen atoms in total. The van der Waals surface area contributed by atoms with Crippen LogP contribution in [0.25, 0.3) is 0 Å². The predicted octanol–water partition coefficient (Wildman–Crippen LogP) is -1.23. The summed E-state index contributed by atoms with van der Waals surface area (Å²) in [5, 5.41) is 14.0. The van der Waals surface area contributed by atoms with Gasteiger partial charge in [0.2, 0.25) is 5.91 Å². The maximum Gasteiger partial charge on any atom is 1.00 e. The summed E-state index contributed by atoms with van der Waals surface area (Å²) in [5.74, 6) is -3.27. The molecule has 0 radical (unpaired) electrons. The van der Waals surface area contributed by atoms with Gasteiger partial charge in [0.05, 0.1) is 5.92 Å². The average molecular weight is 348 g/mol. The maximum atomic E-state index is 14.1. The van der Waals surface area contributed by atoms with Crippen molar-refractivity contribution in [2.75, 3.05) is 0 Å². The molecule has 1 unspecified atom stereocenters. The van der Waals surface area contributed by atoms with Gasteiger partial charge in [0.25, 0.3) is 0 Å². The maximum absolute atomic E-state index is 14.1. The average Bonchev–Trinajstić information content (AvgIpc) is 2.96. The van der Waals surface area contributed by atoms with Gasteiger partial charge in [-0.1, -0.05) is 24.1 Å². The Labute approximate surface area is 161 Å². The molecule has 2 fully saturated rings. The number of carboxylic acids is 1. The van der Waals surface area contributed by atoms with Crippen molar-refractivity contribution in [3.05, 3.63) is 34.6 Å². The zero-order valence-electron chi connectivity index (χ0n) is 12.9. The summed E-state index contributed by atoms with van der Waals surface area (Å²) in [5.41, 5.74) is -0.281. The minimum Gasteiger partial charge on any atom is -0.550 e. The first-order chi connectivity index (χ1) is 10.4. The number of rotatable bonds is 5. The van der Waals surface area contributed by atoms with Crippen LogP contribution >= 0.6 is 11.6 Å². The van der Waals surface area contributed by atoms with Crippen molar-refractivity contribution >= 4 is 23.5 Å². The Morgan fingerprint density at radius 3 is 2.74 bits per heavy atom. The van der Waals surface area contributed by atoms with E-state index in [0.717, 1.165) is 25.7 Å². The minimum atomic E-state index is -1.41. The summed E-state index contributed by atoms with van der Waals surface area (Å²) in [7, 11) is 0. The molecule has 0 aliphatic heterocycles. The van der Waals surface area contributed by atoms with Crippen molar-refractivity contribution in [3.8, 4) is 0 Å². The fourth-order valence-corrected chi connectivity index (χ4v) is 3.91. The van der Waals surface area contributed by atoms with Gasteiger partial charge < -0.3 is 15.2 Å². The normalized spacial score (nSPS) is 25.9. The van der Waals surface area contributed by atoms with Crippen LogP contribution in [0.5, 0.6) is 0 Å². The summed E-state index contributed by atoms with van der Waals surface area (Å²) in [4.78, 5) is 23.5. The summed E-state index contributed by atoms with van der Waals surface area (Å²) in [6.45, 7) is 0. The Bertz CT molecular complexity index is 622. The molecule has 2 saturated carbocycles. The molecule has 3 atom stereocenters. The Morgan fingerprint density at radius 1 is 1.48 bits per heavy atom. The van der Waals surface area contributed by atoms with E-state index in [0.29, 0.717) is 5.92 Å². The summed E-state index contributed by atoms with van der Waals surface area (Å²) in [6.07, 6.45) is 3.35. The number of halogens is 2. The first-order valence-corrected chi connectivity index (χ1v) is 7.76. The standard InChI is InChI=1S/C16H17ClFNO3.Na/c17-11-4-1-5-12(18)14(11)10(7-13(20)21)15(22)19-16-6-2-3-9(16)8-16;/h1,4-5,9-10H,2-3,6-8H2,(H,19,22)(H,20,21);/q;+1/p-1/t9-,10?,16-;/m1./s1. The van der Waals surface area contributed by atoms with Gasteiger partial charge in [-0.2, -0.15) is 0 Å². The molecule has 3 rings (SSSR count). The number of amides is 1. The molecule has 1 aromatic carbocycles. The van der Waals surface area contributed by atoms with E-state index in [1.165, 1.54) is 18.2 Å². The van der Waals surface area contributed by atoms with E-state index in [4.69, 9.17) is 11.6 Å². The second-order valence-electron chi connectivity index (χ2n) is 6.20. The van der Waals surface area contributed by atoms with E-state index in [9.17, 15) is 19.1 Å².